The molecule has 7 rings (SSSR count). The maximum absolute atomic E-state index is 17.3. The van der Waals surface area contributed by atoms with Crippen molar-refractivity contribution in [3.63, 3.8) is 0 Å². The van der Waals surface area contributed by atoms with Gasteiger partial charge in [-0.2, -0.15) is 9.97 Å². The monoisotopic (exact) mass is 680 g/mol. The molecule has 1 aliphatic carbocycles. The standard InChI is InChI=1S/C37H34F5N5O2/c1-5-8-26-28-32(30(40)31(43-26)22-10-7-9-20-11-12-25(38)21(6-2)27(20)22)44-36(45-35(28)47-15-16-48-17-23-29(39)33(23)47)49-19-37(3)18-46(4)14-13-24(37)34(41)42/h2,7,9-12,23-24,29,33-34H,13-19H2,1,3-4H3/t23-,24+,29-,33-,37-/m0/s1/i4D3,19D2. The molecule has 7 nitrogen and oxygen atoms in total. The van der Waals surface area contributed by atoms with Gasteiger partial charge in [0.15, 0.2) is 5.82 Å². The smallest absolute Gasteiger partial charge is 0.319 e. The first kappa shape index (κ1) is 27.3. The number of ether oxygens (including phenoxy) is 2. The second kappa shape index (κ2) is 12.7. The van der Waals surface area contributed by atoms with E-state index in [0.717, 1.165) is 4.90 Å². The molecule has 0 bridgehead atoms. The topological polar surface area (TPSA) is 63.6 Å². The molecule has 2 aromatic heterocycles. The number of rotatable bonds is 6. The molecule has 3 fully saturated rings. The normalized spacial score (nSPS) is 27.5. The molecule has 254 valence electrons. The molecule has 3 aliphatic rings. The largest absolute Gasteiger partial charge is 0.463 e. The summed E-state index contributed by atoms with van der Waals surface area (Å²) in [5, 5.41) is 0.589. The summed E-state index contributed by atoms with van der Waals surface area (Å²) in [6.45, 7) is -3.69. The first-order chi connectivity index (χ1) is 25.5. The van der Waals surface area contributed by atoms with Crippen LogP contribution in [0, 0.1) is 53.1 Å². The Morgan fingerprint density at radius 1 is 1.18 bits per heavy atom. The predicted molar refractivity (Wildman–Crippen MR) is 176 cm³/mol. The molecule has 1 saturated carbocycles. The number of anilines is 1. The second-order valence-corrected chi connectivity index (χ2v) is 12.7. The van der Waals surface area contributed by atoms with Gasteiger partial charge in [-0.25, -0.2) is 26.9 Å². The maximum Gasteiger partial charge on any atom is 0.319 e. The maximum atomic E-state index is 17.3. The van der Waals surface area contributed by atoms with Gasteiger partial charge in [0.1, 0.15) is 34.7 Å². The molecule has 2 aliphatic heterocycles. The summed E-state index contributed by atoms with van der Waals surface area (Å²) in [7, 11) is 0. The Labute approximate surface area is 287 Å². The molecule has 49 heavy (non-hydrogen) atoms. The third-order valence-corrected chi connectivity index (χ3v) is 9.56. The zero-order valence-electron chi connectivity index (χ0n) is 31.5. The van der Waals surface area contributed by atoms with Gasteiger partial charge in [-0.3, -0.25) is 0 Å². The number of likely N-dealkylation sites (tertiary alicyclic amines) is 1. The van der Waals surface area contributed by atoms with Crippen LogP contribution in [0.5, 0.6) is 6.01 Å². The van der Waals surface area contributed by atoms with Crippen LogP contribution in [0.1, 0.15) is 38.4 Å². The van der Waals surface area contributed by atoms with Gasteiger partial charge in [0, 0.05) is 45.4 Å². The lowest BCUT2D eigenvalue weighted by Gasteiger charge is -2.44. The van der Waals surface area contributed by atoms with Crippen molar-refractivity contribution in [3.8, 4) is 41.5 Å². The van der Waals surface area contributed by atoms with Gasteiger partial charge in [-0.05, 0) is 44.2 Å². The predicted octanol–water partition coefficient (Wildman–Crippen LogP) is 6.25. The number of terminal acetylenes is 1. The molecule has 0 N–H and O–H groups in total. The van der Waals surface area contributed by atoms with Crippen LogP contribution in [-0.4, -0.2) is 84.9 Å². The lowest BCUT2D eigenvalue weighted by atomic mass is 9.73. The average molecular weight is 681 g/mol. The van der Waals surface area contributed by atoms with E-state index in [1.807, 2.05) is 0 Å². The number of fused-ring (bicyclic) bond motifs is 3. The summed E-state index contributed by atoms with van der Waals surface area (Å²) in [5.41, 5.74) is -3.08. The molecule has 2 aromatic carbocycles. The van der Waals surface area contributed by atoms with Gasteiger partial charge in [0.2, 0.25) is 6.43 Å². The summed E-state index contributed by atoms with van der Waals surface area (Å²) in [6.07, 6.45) is 0.937. The lowest BCUT2D eigenvalue weighted by molar-refractivity contribution is -0.0679. The van der Waals surface area contributed by atoms with Crippen molar-refractivity contribution in [1.82, 2.24) is 19.9 Å². The lowest BCUT2D eigenvalue weighted by Crippen LogP contribution is -2.51. The SMILES string of the molecule is [2H]C([2H])([2H])N1CC[C@H](C(F)F)[C@](C)(C([2H])([2H])Oc2nc(N3CCOC[C@H]4[C@H](F)[C@H]43)c3c(C#CC)nc(-c4cccc5ccc(F)c(C#C)c45)c(F)c3n2)C1. The number of nitrogens with zero attached hydrogens (tertiary/aromatic N) is 5. The quantitative estimate of drug-likeness (QED) is 0.176. The Bertz CT molecular complexity index is 2260. The fourth-order valence-electron chi connectivity index (χ4n) is 7.04. The van der Waals surface area contributed by atoms with Crippen LogP contribution in [-0.2, 0) is 4.74 Å². The number of hydrogen-bond acceptors (Lipinski definition) is 7. The second-order valence-electron chi connectivity index (χ2n) is 12.7. The fourth-order valence-corrected chi connectivity index (χ4v) is 7.04. The van der Waals surface area contributed by atoms with Crippen molar-refractivity contribution in [1.29, 1.82) is 0 Å². The summed E-state index contributed by atoms with van der Waals surface area (Å²) < 4.78 is 130. The van der Waals surface area contributed by atoms with E-state index in [-0.39, 0.29) is 71.8 Å². The molecule has 5 atom stereocenters. The summed E-state index contributed by atoms with van der Waals surface area (Å²) >= 11 is 0. The molecule has 4 aromatic rings. The minimum atomic E-state index is -3.07. The van der Waals surface area contributed by atoms with Crippen molar-refractivity contribution in [2.24, 2.45) is 17.3 Å². The van der Waals surface area contributed by atoms with E-state index >= 15 is 13.2 Å². The number of aromatic nitrogens is 3. The Morgan fingerprint density at radius 2 is 2.02 bits per heavy atom. The number of pyridine rings is 1. The van der Waals surface area contributed by atoms with Gasteiger partial charge < -0.3 is 19.3 Å². The van der Waals surface area contributed by atoms with Crippen molar-refractivity contribution in [2.75, 3.05) is 51.3 Å². The number of benzene rings is 2. The highest BCUT2D eigenvalue weighted by molar-refractivity contribution is 6.03. The van der Waals surface area contributed by atoms with Gasteiger partial charge in [-0.1, -0.05) is 43.0 Å². The summed E-state index contributed by atoms with van der Waals surface area (Å²) in [5.74, 6) is 3.77. The minimum absolute atomic E-state index is 0.0489. The Balaban J connectivity index is 1.48. The molecule has 4 heterocycles. The van der Waals surface area contributed by atoms with Crippen LogP contribution in [0.4, 0.5) is 27.8 Å². The van der Waals surface area contributed by atoms with Crippen molar-refractivity contribution >= 4 is 27.5 Å². The number of hydrogen-bond donors (Lipinski definition) is 0. The van der Waals surface area contributed by atoms with Crippen molar-refractivity contribution < 1.29 is 38.3 Å². The van der Waals surface area contributed by atoms with E-state index in [4.69, 9.17) is 22.8 Å². The van der Waals surface area contributed by atoms with Crippen LogP contribution in [0.25, 0.3) is 32.9 Å². The first-order valence-electron chi connectivity index (χ1n) is 18.2. The Hall–Kier alpha value is -4.52. The van der Waals surface area contributed by atoms with Gasteiger partial charge in [0.05, 0.1) is 39.5 Å². The van der Waals surface area contributed by atoms with E-state index < -0.39 is 79.1 Å². The molecule has 0 radical (unpaired) electrons. The number of piperidine rings is 1. The highest BCUT2D eigenvalue weighted by atomic mass is 19.3. The Kier molecular flexibility index (Phi) is 7.10. The van der Waals surface area contributed by atoms with Crippen LogP contribution in [0.15, 0.2) is 30.3 Å². The minimum Gasteiger partial charge on any atom is -0.463 e. The van der Waals surface area contributed by atoms with Crippen LogP contribution < -0.4 is 9.64 Å². The van der Waals surface area contributed by atoms with E-state index in [9.17, 15) is 8.78 Å². The first-order valence-corrected chi connectivity index (χ1v) is 15.7. The molecular formula is C37H34F5N5O2. The van der Waals surface area contributed by atoms with Crippen LogP contribution in [0.3, 0.4) is 0 Å². The van der Waals surface area contributed by atoms with Crippen LogP contribution in [0.2, 0.25) is 0 Å². The molecule has 2 saturated heterocycles. The van der Waals surface area contributed by atoms with Crippen molar-refractivity contribution in [2.45, 2.75) is 38.9 Å². The van der Waals surface area contributed by atoms with Crippen LogP contribution >= 0.6 is 0 Å². The highest BCUT2D eigenvalue weighted by Gasteiger charge is 2.56. The van der Waals surface area contributed by atoms with E-state index in [0.29, 0.717) is 5.39 Å². The molecule has 0 spiro atoms. The highest BCUT2D eigenvalue weighted by Crippen LogP contribution is 2.46. The molecule has 0 unspecified atom stereocenters. The molecule has 12 heteroatoms. The molecular weight excluding hydrogens is 641 g/mol. The number of halogens is 5. The van der Waals surface area contributed by atoms with Crippen molar-refractivity contribution in [3.05, 3.63) is 53.2 Å². The summed E-state index contributed by atoms with van der Waals surface area (Å²) in [4.78, 5) is 15.8. The third-order valence-electron chi connectivity index (χ3n) is 9.56. The van der Waals surface area contributed by atoms with E-state index in [1.54, 1.807) is 12.1 Å². The fraction of sp³-hybridized carbons (Fsp3) is 0.432. The Morgan fingerprint density at radius 3 is 2.78 bits per heavy atom. The zero-order valence-corrected chi connectivity index (χ0v) is 26.5. The summed E-state index contributed by atoms with van der Waals surface area (Å²) in [6, 6.07) is 5.84. The zero-order chi connectivity index (χ0) is 38.9. The van der Waals surface area contributed by atoms with E-state index in [2.05, 4.69) is 32.7 Å². The average Bonchev–Trinajstić information content (AvgIpc) is 3.81. The number of alkyl halides is 3. The van der Waals surface area contributed by atoms with Gasteiger partial charge >= 0.3 is 6.01 Å². The third kappa shape index (κ3) is 5.71. The van der Waals surface area contributed by atoms with Gasteiger partial charge in [0.25, 0.3) is 0 Å². The van der Waals surface area contributed by atoms with E-state index in [1.165, 1.54) is 36.9 Å². The van der Waals surface area contributed by atoms with Gasteiger partial charge in [-0.15, -0.1) is 6.42 Å². The molecule has 0 amide bonds.